The van der Waals surface area contributed by atoms with Crippen LogP contribution in [0.4, 0.5) is 10.5 Å². The number of ether oxygens (including phenoxy) is 1. The van der Waals surface area contributed by atoms with Gasteiger partial charge in [0.1, 0.15) is 18.5 Å². The first-order valence-corrected chi connectivity index (χ1v) is 10.3. The van der Waals surface area contributed by atoms with Gasteiger partial charge < -0.3 is 19.9 Å². The maximum Gasteiger partial charge on any atom is 0.412 e. The van der Waals surface area contributed by atoms with E-state index in [2.05, 4.69) is 31.1 Å². The Morgan fingerprint density at radius 3 is 2.48 bits per heavy atom. The molecule has 0 aliphatic rings. The Morgan fingerprint density at radius 2 is 1.87 bits per heavy atom. The summed E-state index contributed by atoms with van der Waals surface area (Å²) in [5.41, 5.74) is 1.34. The van der Waals surface area contributed by atoms with Crippen LogP contribution in [0.2, 0.25) is 0 Å². The van der Waals surface area contributed by atoms with E-state index in [0.29, 0.717) is 12.2 Å². The van der Waals surface area contributed by atoms with Crippen LogP contribution in [0.1, 0.15) is 46.0 Å². The average Bonchev–Trinajstić information content (AvgIpc) is 3.13. The second-order valence-corrected chi connectivity index (χ2v) is 7.73. The van der Waals surface area contributed by atoms with Crippen LogP contribution < -0.4 is 16.0 Å². The maximum absolute atomic E-state index is 11.8. The minimum Gasteiger partial charge on any atom is -0.444 e. The highest BCUT2D eigenvalue weighted by Gasteiger charge is 2.16. The monoisotopic (exact) mass is 543 g/mol. The van der Waals surface area contributed by atoms with Crippen molar-refractivity contribution in [2.75, 3.05) is 18.4 Å². The molecule has 0 saturated carbocycles. The van der Waals surface area contributed by atoms with Crippen LogP contribution in [0.25, 0.3) is 0 Å². The maximum atomic E-state index is 11.8. The fourth-order valence-corrected chi connectivity index (χ4v) is 2.66. The van der Waals surface area contributed by atoms with E-state index in [0.717, 1.165) is 43.4 Å². The van der Waals surface area contributed by atoms with Crippen molar-refractivity contribution in [3.05, 3.63) is 42.0 Å². The lowest BCUT2D eigenvalue weighted by Gasteiger charge is -2.19. The van der Waals surface area contributed by atoms with Crippen molar-refractivity contribution in [3.8, 4) is 0 Å². The summed E-state index contributed by atoms with van der Waals surface area (Å²) in [5.74, 6) is 1.58. The zero-order valence-electron chi connectivity index (χ0n) is 18.9. The molecule has 1 aromatic heterocycles. The molecule has 9 nitrogen and oxygen atoms in total. The number of aliphatic imine (C=N–C) groups is 1. The molecule has 0 aliphatic heterocycles. The van der Waals surface area contributed by atoms with Crippen LogP contribution in [-0.4, -0.2) is 45.5 Å². The number of carbonyl (C=O) groups is 1. The fraction of sp³-hybridized carbons (Fsp3) is 0.524. The summed E-state index contributed by atoms with van der Waals surface area (Å²) in [4.78, 5) is 16.4. The molecule has 1 aromatic carbocycles. The van der Waals surface area contributed by atoms with Gasteiger partial charge in [-0.2, -0.15) is 0 Å². The Morgan fingerprint density at radius 1 is 1.16 bits per heavy atom. The van der Waals surface area contributed by atoms with Gasteiger partial charge in [-0.15, -0.1) is 34.2 Å². The van der Waals surface area contributed by atoms with E-state index in [1.807, 2.05) is 63.5 Å². The van der Waals surface area contributed by atoms with Gasteiger partial charge in [0, 0.05) is 25.3 Å². The van der Waals surface area contributed by atoms with Crippen molar-refractivity contribution in [1.82, 2.24) is 25.4 Å². The van der Waals surface area contributed by atoms with Crippen molar-refractivity contribution < 1.29 is 9.53 Å². The molecule has 0 unspecified atom stereocenters. The van der Waals surface area contributed by atoms with E-state index >= 15 is 0 Å². The molecular weight excluding hydrogens is 509 g/mol. The number of nitrogens with one attached hydrogen (secondary N) is 3. The second kappa shape index (κ2) is 13.1. The molecule has 0 fully saturated rings. The first-order valence-electron chi connectivity index (χ1n) is 10.3. The third-order valence-electron chi connectivity index (χ3n) is 4.06. The van der Waals surface area contributed by atoms with Gasteiger partial charge in [0.2, 0.25) is 0 Å². The van der Waals surface area contributed by atoms with E-state index < -0.39 is 11.7 Å². The Bertz CT molecular complexity index is 829. The average molecular weight is 543 g/mol. The number of rotatable bonds is 8. The SMILES string of the molecule is CCNC(=NCc1nncn1CC)NCCc1ccc(NC(=O)OC(C)(C)C)cc1.I. The summed E-state index contributed by atoms with van der Waals surface area (Å²) >= 11 is 0. The van der Waals surface area contributed by atoms with Gasteiger partial charge in [-0.25, -0.2) is 9.79 Å². The molecule has 31 heavy (non-hydrogen) atoms. The number of aromatic nitrogens is 3. The molecule has 1 amide bonds. The molecule has 0 bridgehead atoms. The number of guanidine groups is 1. The molecule has 0 saturated heterocycles. The molecule has 3 N–H and O–H groups in total. The summed E-state index contributed by atoms with van der Waals surface area (Å²) < 4.78 is 7.23. The largest absolute Gasteiger partial charge is 0.444 e. The van der Waals surface area contributed by atoms with Gasteiger partial charge in [0.15, 0.2) is 11.8 Å². The number of benzene rings is 1. The van der Waals surface area contributed by atoms with Gasteiger partial charge in [0.25, 0.3) is 0 Å². The Hall–Kier alpha value is -2.37. The number of amides is 1. The Balaban J connectivity index is 0.00000480. The highest BCUT2D eigenvalue weighted by molar-refractivity contribution is 14.0. The number of carbonyl (C=O) groups excluding carboxylic acids is 1. The van der Waals surface area contributed by atoms with Crippen LogP contribution in [0.15, 0.2) is 35.6 Å². The predicted molar refractivity (Wildman–Crippen MR) is 134 cm³/mol. The smallest absolute Gasteiger partial charge is 0.412 e. The number of halogens is 1. The second-order valence-electron chi connectivity index (χ2n) is 7.73. The van der Waals surface area contributed by atoms with E-state index in [4.69, 9.17) is 4.74 Å². The highest BCUT2D eigenvalue weighted by atomic mass is 127. The van der Waals surface area contributed by atoms with Crippen molar-refractivity contribution in [2.24, 2.45) is 4.99 Å². The Labute approximate surface area is 201 Å². The Kier molecular flexibility index (Phi) is 11.3. The number of hydrogen-bond acceptors (Lipinski definition) is 5. The quantitative estimate of drug-likeness (QED) is 0.267. The molecular formula is C21H34IN7O2. The van der Waals surface area contributed by atoms with Gasteiger partial charge in [-0.3, -0.25) is 5.32 Å². The molecule has 0 spiro atoms. The topological polar surface area (TPSA) is 105 Å². The van der Waals surface area contributed by atoms with E-state index in [1.165, 1.54) is 0 Å². The highest BCUT2D eigenvalue weighted by Crippen LogP contribution is 2.13. The minimum atomic E-state index is -0.520. The van der Waals surface area contributed by atoms with Gasteiger partial charge in [-0.05, 0) is 58.7 Å². The molecule has 0 atom stereocenters. The summed E-state index contributed by atoms with van der Waals surface area (Å²) in [6, 6.07) is 7.72. The standard InChI is InChI=1S/C21H33N7O2.HI/c1-6-22-19(24-14-18-27-25-15-28(18)7-2)23-13-12-16-8-10-17(11-9-16)26-20(29)30-21(3,4)5;/h8-11,15H,6-7,12-14H2,1-5H3,(H,26,29)(H2,22,23,24);1H. The van der Waals surface area contributed by atoms with Crippen molar-refractivity contribution in [2.45, 2.75) is 59.7 Å². The zero-order chi connectivity index (χ0) is 22.0. The van der Waals surface area contributed by atoms with E-state index in [9.17, 15) is 4.79 Å². The first kappa shape index (κ1) is 26.7. The lowest BCUT2D eigenvalue weighted by Crippen LogP contribution is -2.38. The van der Waals surface area contributed by atoms with Gasteiger partial charge >= 0.3 is 6.09 Å². The predicted octanol–water partition coefficient (Wildman–Crippen LogP) is 3.56. The molecule has 0 aliphatic carbocycles. The van der Waals surface area contributed by atoms with Gasteiger partial charge in [-0.1, -0.05) is 12.1 Å². The molecule has 2 rings (SSSR count). The van der Waals surface area contributed by atoms with Gasteiger partial charge in [0.05, 0.1) is 0 Å². The third kappa shape index (κ3) is 9.99. The first-order chi connectivity index (χ1) is 14.3. The number of hydrogen-bond donors (Lipinski definition) is 3. The molecule has 0 radical (unpaired) electrons. The van der Waals surface area contributed by atoms with Crippen molar-refractivity contribution >= 4 is 41.7 Å². The fourth-order valence-electron chi connectivity index (χ4n) is 2.66. The normalized spacial score (nSPS) is 11.5. The summed E-state index contributed by atoms with van der Waals surface area (Å²) in [5, 5.41) is 17.3. The van der Waals surface area contributed by atoms with Crippen molar-refractivity contribution in [1.29, 1.82) is 0 Å². The molecule has 172 valence electrons. The lowest BCUT2D eigenvalue weighted by atomic mass is 10.1. The third-order valence-corrected chi connectivity index (χ3v) is 4.06. The number of anilines is 1. The van der Waals surface area contributed by atoms with Crippen molar-refractivity contribution in [3.63, 3.8) is 0 Å². The van der Waals surface area contributed by atoms with E-state index in [1.54, 1.807) is 6.33 Å². The zero-order valence-corrected chi connectivity index (χ0v) is 21.3. The summed E-state index contributed by atoms with van der Waals surface area (Å²) in [6.45, 7) is 12.4. The number of nitrogens with zero attached hydrogens (tertiary/aromatic N) is 4. The summed E-state index contributed by atoms with van der Waals surface area (Å²) in [6.07, 6.45) is 2.08. The van der Waals surface area contributed by atoms with Crippen LogP contribution in [0.5, 0.6) is 0 Å². The molecule has 2 aromatic rings. The summed E-state index contributed by atoms with van der Waals surface area (Å²) in [7, 11) is 0. The van der Waals surface area contributed by atoms with Crippen LogP contribution in [-0.2, 0) is 24.2 Å². The lowest BCUT2D eigenvalue weighted by molar-refractivity contribution is 0.0636. The van der Waals surface area contributed by atoms with Crippen LogP contribution >= 0.6 is 24.0 Å². The molecule has 1 heterocycles. The van der Waals surface area contributed by atoms with E-state index in [-0.39, 0.29) is 24.0 Å². The minimum absolute atomic E-state index is 0. The molecule has 10 heteroatoms. The van der Waals surface area contributed by atoms with Crippen LogP contribution in [0.3, 0.4) is 0 Å². The number of aryl methyl sites for hydroxylation is 1. The van der Waals surface area contributed by atoms with Crippen LogP contribution in [0, 0.1) is 0 Å².